The van der Waals surface area contributed by atoms with E-state index >= 15 is 0 Å². The Bertz CT molecular complexity index is 856. The van der Waals surface area contributed by atoms with Crippen LogP contribution in [0.2, 0.25) is 0 Å². The summed E-state index contributed by atoms with van der Waals surface area (Å²) in [6.45, 7) is 6.41. The molecule has 27 heavy (non-hydrogen) atoms. The molecular formula is C19H28N4O3S. The van der Waals surface area contributed by atoms with Crippen LogP contribution in [-0.2, 0) is 26.5 Å². The lowest BCUT2D eigenvalue weighted by Crippen LogP contribution is -2.48. The van der Waals surface area contributed by atoms with Crippen molar-refractivity contribution in [3.05, 3.63) is 17.1 Å². The first-order valence-electron chi connectivity index (χ1n) is 9.95. The van der Waals surface area contributed by atoms with Gasteiger partial charge in [-0.1, -0.05) is 6.92 Å². The van der Waals surface area contributed by atoms with E-state index in [1.807, 2.05) is 18.7 Å². The number of carbonyl (C=O) groups excluding carboxylic acids is 1. The quantitative estimate of drug-likeness (QED) is 0.753. The van der Waals surface area contributed by atoms with Crippen molar-refractivity contribution < 1.29 is 13.2 Å². The van der Waals surface area contributed by atoms with E-state index < -0.39 is 9.84 Å². The van der Waals surface area contributed by atoms with Crippen LogP contribution in [0.4, 0.5) is 5.82 Å². The molecule has 1 atom stereocenters. The number of rotatable bonds is 2. The van der Waals surface area contributed by atoms with E-state index in [1.54, 1.807) is 0 Å². The monoisotopic (exact) mass is 392 g/mol. The molecule has 1 aromatic rings. The summed E-state index contributed by atoms with van der Waals surface area (Å²) in [5.74, 6) is 2.25. The van der Waals surface area contributed by atoms with Crippen molar-refractivity contribution >= 4 is 21.6 Å². The topological polar surface area (TPSA) is 83.5 Å². The van der Waals surface area contributed by atoms with Gasteiger partial charge in [0.15, 0.2) is 9.84 Å². The van der Waals surface area contributed by atoms with Crippen LogP contribution in [-0.4, -0.2) is 66.9 Å². The Balaban J connectivity index is 1.68. The summed E-state index contributed by atoms with van der Waals surface area (Å²) in [5, 5.41) is 0. The van der Waals surface area contributed by atoms with Crippen LogP contribution < -0.4 is 4.90 Å². The number of hydrogen-bond acceptors (Lipinski definition) is 6. The molecule has 0 radical (unpaired) electrons. The molecule has 3 heterocycles. The average molecular weight is 393 g/mol. The number of carbonyl (C=O) groups is 1. The maximum Gasteiger partial charge on any atom is 0.222 e. The Morgan fingerprint density at radius 2 is 1.89 bits per heavy atom. The van der Waals surface area contributed by atoms with Gasteiger partial charge >= 0.3 is 0 Å². The number of aromatic nitrogens is 2. The van der Waals surface area contributed by atoms with Gasteiger partial charge in [-0.25, -0.2) is 18.4 Å². The first kappa shape index (κ1) is 18.7. The molecule has 3 aliphatic rings. The lowest BCUT2D eigenvalue weighted by Gasteiger charge is -2.40. The molecule has 4 rings (SSSR count). The van der Waals surface area contributed by atoms with Crippen LogP contribution >= 0.6 is 0 Å². The van der Waals surface area contributed by atoms with Gasteiger partial charge in [-0.05, 0) is 32.6 Å². The molecular weight excluding hydrogens is 364 g/mol. The van der Waals surface area contributed by atoms with Crippen LogP contribution in [0.15, 0.2) is 0 Å². The molecule has 1 spiro atoms. The number of aryl methyl sites for hydroxylation is 1. The highest BCUT2D eigenvalue weighted by Gasteiger charge is 2.46. The highest BCUT2D eigenvalue weighted by molar-refractivity contribution is 7.91. The molecule has 0 aromatic carbocycles. The van der Waals surface area contributed by atoms with Crippen molar-refractivity contribution in [2.75, 3.05) is 42.6 Å². The highest BCUT2D eigenvalue weighted by Crippen LogP contribution is 2.46. The summed E-state index contributed by atoms with van der Waals surface area (Å²) in [4.78, 5) is 26.0. The first-order valence-corrected chi connectivity index (χ1v) is 11.8. The number of likely N-dealkylation sites (tertiary alicyclic amines) is 1. The maximum atomic E-state index is 12.3. The van der Waals surface area contributed by atoms with Crippen molar-refractivity contribution in [2.24, 2.45) is 0 Å². The fourth-order valence-corrected chi connectivity index (χ4v) is 6.09. The minimum Gasteiger partial charge on any atom is -0.354 e. The average Bonchev–Trinajstić information content (AvgIpc) is 2.98. The Morgan fingerprint density at radius 1 is 1.15 bits per heavy atom. The number of amides is 1. The third kappa shape index (κ3) is 3.32. The second-order valence-electron chi connectivity index (χ2n) is 8.11. The van der Waals surface area contributed by atoms with Gasteiger partial charge in [-0.2, -0.15) is 0 Å². The lowest BCUT2D eigenvalue weighted by molar-refractivity contribution is -0.133. The van der Waals surface area contributed by atoms with Crippen molar-refractivity contribution in [1.82, 2.24) is 14.9 Å². The van der Waals surface area contributed by atoms with Gasteiger partial charge in [0.1, 0.15) is 11.6 Å². The van der Waals surface area contributed by atoms with Gasteiger partial charge in [-0.15, -0.1) is 0 Å². The summed E-state index contributed by atoms with van der Waals surface area (Å²) < 4.78 is 23.6. The standard InChI is InChI=1S/C19H28N4O3S/c1-3-16(24)23-8-4-6-19(13-23)7-5-15-17(19)20-14(2)21-18(15)22-9-11-27(25,26)12-10-22/h3-13H2,1-2H3. The molecule has 2 fully saturated rings. The molecule has 148 valence electrons. The van der Waals surface area contributed by atoms with Gasteiger partial charge in [0.05, 0.1) is 17.2 Å². The van der Waals surface area contributed by atoms with Crippen LogP contribution in [0.5, 0.6) is 0 Å². The van der Waals surface area contributed by atoms with E-state index in [1.165, 1.54) is 5.56 Å². The van der Waals surface area contributed by atoms with E-state index in [2.05, 4.69) is 4.90 Å². The smallest absolute Gasteiger partial charge is 0.222 e. The number of hydrogen-bond donors (Lipinski definition) is 0. The van der Waals surface area contributed by atoms with Gasteiger partial charge in [-0.3, -0.25) is 4.79 Å². The van der Waals surface area contributed by atoms with Crippen LogP contribution in [0.3, 0.4) is 0 Å². The minimum atomic E-state index is -2.92. The molecule has 2 aliphatic heterocycles. The molecule has 1 unspecified atom stereocenters. The number of piperidine rings is 1. The van der Waals surface area contributed by atoms with E-state index in [0.717, 1.165) is 56.1 Å². The number of fused-ring (bicyclic) bond motifs is 2. The number of anilines is 1. The van der Waals surface area contributed by atoms with E-state index in [4.69, 9.17) is 9.97 Å². The molecule has 1 aromatic heterocycles. The van der Waals surface area contributed by atoms with Crippen molar-refractivity contribution in [1.29, 1.82) is 0 Å². The van der Waals surface area contributed by atoms with E-state index in [9.17, 15) is 13.2 Å². The van der Waals surface area contributed by atoms with Gasteiger partial charge in [0.2, 0.25) is 5.91 Å². The number of nitrogens with zero attached hydrogens (tertiary/aromatic N) is 4. The van der Waals surface area contributed by atoms with Gasteiger partial charge in [0.25, 0.3) is 0 Å². The van der Waals surface area contributed by atoms with Gasteiger partial charge in [0, 0.05) is 43.6 Å². The Labute approximate surface area is 161 Å². The largest absolute Gasteiger partial charge is 0.354 e. The molecule has 0 bridgehead atoms. The summed E-state index contributed by atoms with van der Waals surface area (Å²) in [6.07, 6.45) is 4.50. The maximum absolute atomic E-state index is 12.3. The second-order valence-corrected chi connectivity index (χ2v) is 10.4. The summed E-state index contributed by atoms with van der Waals surface area (Å²) in [7, 11) is -2.92. The summed E-state index contributed by atoms with van der Waals surface area (Å²) >= 11 is 0. The Hall–Kier alpha value is -1.70. The summed E-state index contributed by atoms with van der Waals surface area (Å²) in [5.41, 5.74) is 2.21. The fraction of sp³-hybridized carbons (Fsp3) is 0.737. The SMILES string of the molecule is CCC(=O)N1CCCC2(CCc3c(N4CCS(=O)(=O)CC4)nc(C)nc32)C1. The molecule has 7 nitrogen and oxygen atoms in total. The Morgan fingerprint density at radius 3 is 2.59 bits per heavy atom. The Kier molecular flexibility index (Phi) is 4.64. The molecule has 8 heteroatoms. The predicted molar refractivity (Wildman–Crippen MR) is 104 cm³/mol. The zero-order valence-corrected chi connectivity index (χ0v) is 17.0. The lowest BCUT2D eigenvalue weighted by atomic mass is 9.77. The normalized spacial score (nSPS) is 27.0. The van der Waals surface area contributed by atoms with Crippen LogP contribution in [0.25, 0.3) is 0 Å². The van der Waals surface area contributed by atoms with Gasteiger partial charge < -0.3 is 9.80 Å². The summed E-state index contributed by atoms with van der Waals surface area (Å²) in [6, 6.07) is 0. The van der Waals surface area contributed by atoms with Crippen molar-refractivity contribution in [2.45, 2.75) is 51.4 Å². The van der Waals surface area contributed by atoms with Crippen LogP contribution in [0, 0.1) is 6.92 Å². The zero-order valence-electron chi connectivity index (χ0n) is 16.2. The van der Waals surface area contributed by atoms with Crippen molar-refractivity contribution in [3.63, 3.8) is 0 Å². The first-order chi connectivity index (χ1) is 12.8. The van der Waals surface area contributed by atoms with Crippen molar-refractivity contribution in [3.8, 4) is 0 Å². The molecule has 1 aliphatic carbocycles. The van der Waals surface area contributed by atoms with Crippen LogP contribution in [0.1, 0.15) is 49.7 Å². The molecule has 0 saturated carbocycles. The second kappa shape index (κ2) is 6.72. The zero-order chi connectivity index (χ0) is 19.2. The predicted octanol–water partition coefficient (Wildman–Crippen LogP) is 1.24. The third-order valence-corrected chi connectivity index (χ3v) is 7.94. The number of sulfone groups is 1. The minimum absolute atomic E-state index is 0.0667. The molecule has 2 saturated heterocycles. The molecule has 1 amide bonds. The van der Waals surface area contributed by atoms with E-state index in [0.29, 0.717) is 19.5 Å². The molecule has 0 N–H and O–H groups in total. The fourth-order valence-electron chi connectivity index (χ4n) is 4.88. The third-order valence-electron chi connectivity index (χ3n) is 6.33. The highest BCUT2D eigenvalue weighted by atomic mass is 32.2. The van der Waals surface area contributed by atoms with E-state index in [-0.39, 0.29) is 22.8 Å².